The van der Waals surface area contributed by atoms with E-state index in [1.54, 1.807) is 11.8 Å². The molecule has 1 atom stereocenters. The molecule has 0 radical (unpaired) electrons. The van der Waals surface area contributed by atoms with Crippen molar-refractivity contribution in [2.24, 2.45) is 10.5 Å². The van der Waals surface area contributed by atoms with E-state index in [0.29, 0.717) is 6.42 Å². The van der Waals surface area contributed by atoms with Crippen LogP contribution in [0.2, 0.25) is 0 Å². The van der Waals surface area contributed by atoms with Gasteiger partial charge in [0, 0.05) is 17.4 Å². The Morgan fingerprint density at radius 2 is 1.95 bits per heavy atom. The van der Waals surface area contributed by atoms with Gasteiger partial charge in [-0.3, -0.25) is 10.2 Å². The predicted molar refractivity (Wildman–Crippen MR) is 81.2 cm³/mol. The van der Waals surface area contributed by atoms with Crippen molar-refractivity contribution >= 4 is 22.6 Å². The van der Waals surface area contributed by atoms with Gasteiger partial charge in [-0.1, -0.05) is 62.9 Å². The fourth-order valence-electron chi connectivity index (χ4n) is 1.78. The normalized spacial score (nSPS) is 22.8. The molecule has 0 unspecified atom stereocenters. The predicted octanol–water partition coefficient (Wildman–Crippen LogP) is 3.41. The summed E-state index contributed by atoms with van der Waals surface area (Å²) in [5, 5.41) is 5.32. The van der Waals surface area contributed by atoms with Gasteiger partial charge in [0.2, 0.25) is 0 Å². The molecule has 4 heteroatoms. The highest BCUT2D eigenvalue weighted by Gasteiger charge is 2.37. The fraction of sp³-hybridized carbons (Fsp3) is 0.467. The van der Waals surface area contributed by atoms with Gasteiger partial charge in [-0.15, -0.1) is 0 Å². The highest BCUT2D eigenvalue weighted by atomic mass is 32.2. The quantitative estimate of drug-likeness (QED) is 0.920. The first-order chi connectivity index (χ1) is 8.80. The third-order valence-corrected chi connectivity index (χ3v) is 4.28. The third kappa shape index (κ3) is 3.38. The number of hydrogen-bond acceptors (Lipinski definition) is 4. The zero-order valence-corrected chi connectivity index (χ0v) is 12.7. The van der Waals surface area contributed by atoms with Gasteiger partial charge in [-0.2, -0.15) is 5.10 Å². The Morgan fingerprint density at radius 3 is 2.53 bits per heavy atom. The van der Waals surface area contributed by atoms with E-state index in [0.717, 1.165) is 10.6 Å². The number of nitrogens with zero attached hydrogens (tertiary/aromatic N) is 1. The molecule has 1 aromatic rings. The molecule has 0 saturated carbocycles. The van der Waals surface area contributed by atoms with Gasteiger partial charge >= 0.3 is 0 Å². The minimum absolute atomic E-state index is 0.250. The van der Waals surface area contributed by atoms with E-state index in [1.807, 2.05) is 58.0 Å². The molecule has 0 aromatic heterocycles. The Bertz CT molecular complexity index is 505. The highest BCUT2D eigenvalue weighted by Crippen LogP contribution is 2.36. The van der Waals surface area contributed by atoms with Crippen LogP contribution >= 0.6 is 11.8 Å². The second-order valence-electron chi connectivity index (χ2n) is 6.08. The molecule has 3 nitrogen and oxygen atoms in total. The van der Waals surface area contributed by atoms with Crippen LogP contribution in [0.5, 0.6) is 0 Å². The first-order valence-corrected chi connectivity index (χ1v) is 7.24. The Labute approximate surface area is 118 Å². The van der Waals surface area contributed by atoms with Crippen LogP contribution in [0.1, 0.15) is 39.7 Å². The smallest absolute Gasteiger partial charge is 0.141 e. The molecule has 0 fully saturated rings. The first-order valence-electron chi connectivity index (χ1n) is 6.43. The Kier molecular flexibility index (Phi) is 3.72. The average Bonchev–Trinajstić information content (AvgIpc) is 2.71. The minimum Gasteiger partial charge on any atom is -0.299 e. The molecule has 2 rings (SSSR count). The van der Waals surface area contributed by atoms with Crippen LogP contribution in [0.15, 0.2) is 35.4 Å². The van der Waals surface area contributed by atoms with Crippen molar-refractivity contribution in [3.8, 4) is 0 Å². The van der Waals surface area contributed by atoms with E-state index in [9.17, 15) is 4.79 Å². The minimum atomic E-state index is -0.338. The third-order valence-electron chi connectivity index (χ3n) is 3.07. The van der Waals surface area contributed by atoms with Crippen LogP contribution in [-0.4, -0.2) is 15.7 Å². The first kappa shape index (κ1) is 14.1. The number of rotatable bonds is 3. The topological polar surface area (TPSA) is 41.5 Å². The number of thioether (sulfide) groups is 1. The van der Waals surface area contributed by atoms with E-state index in [-0.39, 0.29) is 16.1 Å². The van der Waals surface area contributed by atoms with Crippen LogP contribution in [0.4, 0.5) is 0 Å². The molecule has 0 amide bonds. The van der Waals surface area contributed by atoms with Crippen molar-refractivity contribution in [1.29, 1.82) is 0 Å². The van der Waals surface area contributed by atoms with Gasteiger partial charge in [0.25, 0.3) is 0 Å². The lowest BCUT2D eigenvalue weighted by atomic mass is 9.87. The number of benzene rings is 1. The monoisotopic (exact) mass is 276 g/mol. The molecule has 0 spiro atoms. The summed E-state index contributed by atoms with van der Waals surface area (Å²) in [6.07, 6.45) is 0.473. The molecule has 1 aliphatic heterocycles. The SMILES string of the molecule is CC(C)(C)C(=O)C[C@@]1(C)NN=C(c2ccccc2)S1. The van der Waals surface area contributed by atoms with Crippen molar-refractivity contribution in [1.82, 2.24) is 5.43 Å². The van der Waals surface area contributed by atoms with Gasteiger partial charge in [0.05, 0.1) is 0 Å². The van der Waals surface area contributed by atoms with Crippen LogP contribution in [0.3, 0.4) is 0 Å². The maximum absolute atomic E-state index is 12.2. The number of Topliss-reactive ketones (excluding diaryl/α,β-unsaturated/α-hetero) is 1. The van der Waals surface area contributed by atoms with Crippen LogP contribution in [-0.2, 0) is 4.79 Å². The molecule has 1 N–H and O–H groups in total. The highest BCUT2D eigenvalue weighted by molar-refractivity contribution is 8.15. The average molecular weight is 276 g/mol. The largest absolute Gasteiger partial charge is 0.299 e. The lowest BCUT2D eigenvalue weighted by Crippen LogP contribution is -2.37. The summed E-state index contributed by atoms with van der Waals surface area (Å²) in [7, 11) is 0. The number of carbonyl (C=O) groups is 1. The van der Waals surface area contributed by atoms with Crippen molar-refractivity contribution in [3.05, 3.63) is 35.9 Å². The summed E-state index contributed by atoms with van der Waals surface area (Å²) < 4.78 is 0. The molecular weight excluding hydrogens is 256 g/mol. The molecule has 1 aliphatic rings. The van der Waals surface area contributed by atoms with Crippen molar-refractivity contribution < 1.29 is 4.79 Å². The van der Waals surface area contributed by atoms with E-state index >= 15 is 0 Å². The molecule has 0 bridgehead atoms. The summed E-state index contributed by atoms with van der Waals surface area (Å²) in [6.45, 7) is 7.90. The van der Waals surface area contributed by atoms with Crippen LogP contribution in [0, 0.1) is 5.41 Å². The molecule has 1 aromatic carbocycles. The molecule has 1 heterocycles. The number of carbonyl (C=O) groups excluding carboxylic acids is 1. The zero-order chi connectivity index (χ0) is 14.1. The van der Waals surface area contributed by atoms with E-state index in [1.165, 1.54) is 0 Å². The maximum atomic E-state index is 12.2. The number of ketones is 1. The molecular formula is C15H20N2OS. The summed E-state index contributed by atoms with van der Waals surface area (Å²) in [5.74, 6) is 0.250. The van der Waals surface area contributed by atoms with Crippen molar-refractivity contribution in [2.75, 3.05) is 0 Å². The van der Waals surface area contributed by atoms with E-state index < -0.39 is 0 Å². The van der Waals surface area contributed by atoms with Crippen molar-refractivity contribution in [3.63, 3.8) is 0 Å². The van der Waals surface area contributed by atoms with Gasteiger partial charge in [0.1, 0.15) is 15.7 Å². The van der Waals surface area contributed by atoms with Gasteiger partial charge in [-0.05, 0) is 6.92 Å². The summed E-state index contributed by atoms with van der Waals surface area (Å²) in [5.41, 5.74) is 3.90. The summed E-state index contributed by atoms with van der Waals surface area (Å²) in [6, 6.07) is 10.0. The fourth-order valence-corrected chi connectivity index (χ4v) is 2.85. The van der Waals surface area contributed by atoms with E-state index in [4.69, 9.17) is 0 Å². The number of nitrogens with one attached hydrogen (secondary N) is 1. The molecule has 0 saturated heterocycles. The van der Waals surface area contributed by atoms with Crippen molar-refractivity contribution in [2.45, 2.75) is 39.0 Å². The summed E-state index contributed by atoms with van der Waals surface area (Å²) >= 11 is 1.63. The zero-order valence-electron chi connectivity index (χ0n) is 11.9. The second-order valence-corrected chi connectivity index (χ2v) is 7.57. The van der Waals surface area contributed by atoms with Gasteiger partial charge in [-0.25, -0.2) is 0 Å². The van der Waals surface area contributed by atoms with E-state index in [2.05, 4.69) is 10.5 Å². The van der Waals surface area contributed by atoms with Gasteiger partial charge in [0.15, 0.2) is 0 Å². The number of hydrazone groups is 1. The Balaban J connectivity index is 2.06. The summed E-state index contributed by atoms with van der Waals surface area (Å²) in [4.78, 5) is 11.8. The lowest BCUT2D eigenvalue weighted by Gasteiger charge is -2.26. The standard InChI is InChI=1S/C15H20N2OS/c1-14(2,3)12(18)10-15(4)17-16-13(19-15)11-8-6-5-7-9-11/h5-9,17H,10H2,1-4H3/t15-/m0/s1. The maximum Gasteiger partial charge on any atom is 0.141 e. The molecule has 102 valence electrons. The Morgan fingerprint density at radius 1 is 1.32 bits per heavy atom. The van der Waals surface area contributed by atoms with Crippen LogP contribution < -0.4 is 5.43 Å². The number of hydrogen-bond donors (Lipinski definition) is 1. The lowest BCUT2D eigenvalue weighted by molar-refractivity contribution is -0.126. The second kappa shape index (κ2) is 5.00. The van der Waals surface area contributed by atoms with Gasteiger partial charge < -0.3 is 0 Å². The Hall–Kier alpha value is -1.29. The molecule has 0 aliphatic carbocycles. The van der Waals surface area contributed by atoms with Crippen LogP contribution in [0.25, 0.3) is 0 Å². The molecule has 19 heavy (non-hydrogen) atoms.